The molecule has 1 aromatic heterocycles. The van der Waals surface area contributed by atoms with Gasteiger partial charge in [-0.1, -0.05) is 31.9 Å². The summed E-state index contributed by atoms with van der Waals surface area (Å²) in [6.07, 6.45) is 10.1. The van der Waals surface area contributed by atoms with Gasteiger partial charge in [0, 0.05) is 12.2 Å². The number of aryl methyl sites for hydroxylation is 2. The second-order valence-corrected chi connectivity index (χ2v) is 5.25. The SMILES string of the molecule is C=CCCCCCC(NCC)c1ncc(C)cc1C. The van der Waals surface area contributed by atoms with Crippen molar-refractivity contribution >= 4 is 0 Å². The summed E-state index contributed by atoms with van der Waals surface area (Å²) in [5.74, 6) is 0. The molecular formula is C17H28N2. The molecule has 0 aliphatic rings. The molecule has 0 fully saturated rings. The summed E-state index contributed by atoms with van der Waals surface area (Å²) < 4.78 is 0. The van der Waals surface area contributed by atoms with Crippen molar-refractivity contribution in [3.05, 3.63) is 41.7 Å². The zero-order valence-electron chi connectivity index (χ0n) is 12.7. The van der Waals surface area contributed by atoms with Crippen molar-refractivity contribution in [1.29, 1.82) is 0 Å². The number of rotatable bonds is 9. The van der Waals surface area contributed by atoms with Gasteiger partial charge in [-0.3, -0.25) is 4.98 Å². The molecule has 1 heterocycles. The topological polar surface area (TPSA) is 24.9 Å². The van der Waals surface area contributed by atoms with Gasteiger partial charge >= 0.3 is 0 Å². The van der Waals surface area contributed by atoms with Crippen molar-refractivity contribution in [2.75, 3.05) is 6.54 Å². The minimum absolute atomic E-state index is 0.398. The maximum atomic E-state index is 4.63. The van der Waals surface area contributed by atoms with Crippen molar-refractivity contribution < 1.29 is 0 Å². The van der Waals surface area contributed by atoms with Gasteiger partial charge in [-0.15, -0.1) is 6.58 Å². The fourth-order valence-corrected chi connectivity index (χ4v) is 2.49. The van der Waals surface area contributed by atoms with Crippen LogP contribution in [0.2, 0.25) is 0 Å². The van der Waals surface area contributed by atoms with Crippen molar-refractivity contribution in [2.45, 2.75) is 58.9 Å². The van der Waals surface area contributed by atoms with Crippen LogP contribution in [0.3, 0.4) is 0 Å². The van der Waals surface area contributed by atoms with Crippen molar-refractivity contribution in [3.8, 4) is 0 Å². The number of nitrogens with zero attached hydrogens (tertiary/aromatic N) is 1. The predicted octanol–water partition coefficient (Wildman–Crippen LogP) is 4.49. The number of hydrogen-bond acceptors (Lipinski definition) is 2. The maximum absolute atomic E-state index is 4.63. The third-order valence-electron chi connectivity index (χ3n) is 3.44. The van der Waals surface area contributed by atoms with E-state index in [0.29, 0.717) is 6.04 Å². The molecule has 2 heteroatoms. The van der Waals surface area contributed by atoms with E-state index >= 15 is 0 Å². The summed E-state index contributed by atoms with van der Waals surface area (Å²) in [5.41, 5.74) is 3.76. The molecule has 0 amide bonds. The van der Waals surface area contributed by atoms with Gasteiger partial charge < -0.3 is 5.32 Å². The fourth-order valence-electron chi connectivity index (χ4n) is 2.49. The maximum Gasteiger partial charge on any atom is 0.0602 e. The van der Waals surface area contributed by atoms with Crippen LogP contribution < -0.4 is 5.32 Å². The Bertz CT molecular complexity index is 385. The number of nitrogens with one attached hydrogen (secondary N) is 1. The van der Waals surface area contributed by atoms with E-state index in [0.717, 1.165) is 13.0 Å². The summed E-state index contributed by atoms with van der Waals surface area (Å²) in [7, 11) is 0. The van der Waals surface area contributed by atoms with Crippen molar-refractivity contribution in [3.63, 3.8) is 0 Å². The summed E-state index contributed by atoms with van der Waals surface area (Å²) >= 11 is 0. The molecule has 0 saturated carbocycles. The lowest BCUT2D eigenvalue weighted by Crippen LogP contribution is -2.22. The normalized spacial score (nSPS) is 12.4. The summed E-state index contributed by atoms with van der Waals surface area (Å²) in [6.45, 7) is 11.2. The average Bonchev–Trinajstić information content (AvgIpc) is 2.38. The number of pyridine rings is 1. The van der Waals surface area contributed by atoms with Crippen LogP contribution in [-0.2, 0) is 0 Å². The lowest BCUT2D eigenvalue weighted by Gasteiger charge is -2.19. The van der Waals surface area contributed by atoms with Gasteiger partial charge in [-0.2, -0.15) is 0 Å². The van der Waals surface area contributed by atoms with E-state index < -0.39 is 0 Å². The first kappa shape index (κ1) is 15.9. The average molecular weight is 260 g/mol. The highest BCUT2D eigenvalue weighted by molar-refractivity contribution is 5.25. The molecule has 1 unspecified atom stereocenters. The molecule has 19 heavy (non-hydrogen) atoms. The smallest absolute Gasteiger partial charge is 0.0602 e. The van der Waals surface area contributed by atoms with Crippen LogP contribution in [0.1, 0.15) is 61.9 Å². The number of hydrogen-bond donors (Lipinski definition) is 1. The predicted molar refractivity (Wildman–Crippen MR) is 83.4 cm³/mol. The zero-order chi connectivity index (χ0) is 14.1. The summed E-state index contributed by atoms with van der Waals surface area (Å²) in [4.78, 5) is 4.63. The molecule has 1 atom stereocenters. The lowest BCUT2D eigenvalue weighted by molar-refractivity contribution is 0.472. The summed E-state index contributed by atoms with van der Waals surface area (Å²) in [5, 5.41) is 3.57. The van der Waals surface area contributed by atoms with Crippen molar-refractivity contribution in [1.82, 2.24) is 10.3 Å². The zero-order valence-corrected chi connectivity index (χ0v) is 12.7. The molecule has 0 aliphatic carbocycles. The molecule has 0 spiro atoms. The largest absolute Gasteiger partial charge is 0.309 e. The van der Waals surface area contributed by atoms with E-state index in [1.165, 1.54) is 42.5 Å². The highest BCUT2D eigenvalue weighted by Crippen LogP contribution is 2.22. The van der Waals surface area contributed by atoms with Crippen LogP contribution in [0.15, 0.2) is 24.9 Å². The van der Waals surface area contributed by atoms with E-state index in [9.17, 15) is 0 Å². The van der Waals surface area contributed by atoms with Crippen LogP contribution in [-0.4, -0.2) is 11.5 Å². The highest BCUT2D eigenvalue weighted by atomic mass is 14.9. The molecule has 1 aromatic rings. The summed E-state index contributed by atoms with van der Waals surface area (Å²) in [6, 6.07) is 2.62. The number of aromatic nitrogens is 1. The second kappa shape index (κ2) is 8.87. The van der Waals surface area contributed by atoms with Gasteiger partial charge in [0.15, 0.2) is 0 Å². The minimum Gasteiger partial charge on any atom is -0.309 e. The van der Waals surface area contributed by atoms with Crippen LogP contribution in [0.4, 0.5) is 0 Å². The molecule has 106 valence electrons. The Balaban J connectivity index is 2.58. The van der Waals surface area contributed by atoms with E-state index in [2.05, 4.69) is 43.7 Å². The first-order valence-corrected chi connectivity index (χ1v) is 7.46. The monoisotopic (exact) mass is 260 g/mol. The standard InChI is InChI=1S/C17H28N2/c1-5-7-8-9-10-11-16(18-6-2)17-15(4)12-14(3)13-19-17/h5,12-13,16,18H,1,6-11H2,2-4H3. The van der Waals surface area contributed by atoms with Crippen LogP contribution >= 0.6 is 0 Å². The Kier molecular flexibility index (Phi) is 7.42. The van der Waals surface area contributed by atoms with Gasteiger partial charge in [-0.25, -0.2) is 0 Å². The van der Waals surface area contributed by atoms with Crippen LogP contribution in [0, 0.1) is 13.8 Å². The molecule has 0 bridgehead atoms. The Hall–Kier alpha value is -1.15. The Morgan fingerprint density at radius 2 is 2.11 bits per heavy atom. The van der Waals surface area contributed by atoms with E-state index in [-0.39, 0.29) is 0 Å². The molecule has 2 nitrogen and oxygen atoms in total. The number of unbranched alkanes of at least 4 members (excludes halogenated alkanes) is 3. The van der Waals surface area contributed by atoms with Gasteiger partial charge in [0.2, 0.25) is 0 Å². The van der Waals surface area contributed by atoms with Crippen LogP contribution in [0.25, 0.3) is 0 Å². The van der Waals surface area contributed by atoms with E-state index in [4.69, 9.17) is 0 Å². The van der Waals surface area contributed by atoms with Gasteiger partial charge in [0.05, 0.1) is 5.69 Å². The molecular weight excluding hydrogens is 232 g/mol. The Labute approximate surface area is 118 Å². The lowest BCUT2D eigenvalue weighted by atomic mass is 10.00. The fraction of sp³-hybridized carbons (Fsp3) is 0.588. The molecule has 0 aromatic carbocycles. The molecule has 0 saturated heterocycles. The van der Waals surface area contributed by atoms with E-state index in [1.54, 1.807) is 0 Å². The molecule has 1 N–H and O–H groups in total. The van der Waals surface area contributed by atoms with Gasteiger partial charge in [-0.05, 0) is 50.8 Å². The van der Waals surface area contributed by atoms with E-state index in [1.807, 2.05) is 12.3 Å². The number of allylic oxidation sites excluding steroid dienone is 1. The van der Waals surface area contributed by atoms with Gasteiger partial charge in [0.25, 0.3) is 0 Å². The molecule has 0 radical (unpaired) electrons. The second-order valence-electron chi connectivity index (χ2n) is 5.25. The molecule has 1 rings (SSSR count). The highest BCUT2D eigenvalue weighted by Gasteiger charge is 2.13. The Morgan fingerprint density at radius 1 is 1.32 bits per heavy atom. The van der Waals surface area contributed by atoms with Gasteiger partial charge in [0.1, 0.15) is 0 Å². The van der Waals surface area contributed by atoms with Crippen molar-refractivity contribution in [2.24, 2.45) is 0 Å². The third-order valence-corrected chi connectivity index (χ3v) is 3.44. The first-order chi connectivity index (χ1) is 9.19. The minimum atomic E-state index is 0.398. The Morgan fingerprint density at radius 3 is 2.74 bits per heavy atom. The molecule has 0 aliphatic heterocycles. The van der Waals surface area contributed by atoms with Crippen LogP contribution in [0.5, 0.6) is 0 Å². The third kappa shape index (κ3) is 5.56. The first-order valence-electron chi connectivity index (χ1n) is 7.46. The quantitative estimate of drug-likeness (QED) is 0.523.